The molecule has 2 aromatic rings. The number of carbonyl (C=O) groups is 1. The second-order valence-corrected chi connectivity index (χ2v) is 5.58. The number of fused-ring (bicyclic) bond motifs is 1. The summed E-state index contributed by atoms with van der Waals surface area (Å²) >= 11 is 0. The van der Waals surface area contributed by atoms with Crippen LogP contribution in [0.4, 0.5) is 0 Å². The smallest absolute Gasteiger partial charge is 0.273 e. The van der Waals surface area contributed by atoms with Crippen LogP contribution in [0.2, 0.25) is 0 Å². The van der Waals surface area contributed by atoms with Gasteiger partial charge in [-0.1, -0.05) is 0 Å². The summed E-state index contributed by atoms with van der Waals surface area (Å²) in [6, 6.07) is 3.59. The highest BCUT2D eigenvalue weighted by Crippen LogP contribution is 2.40. The van der Waals surface area contributed by atoms with E-state index in [0.717, 1.165) is 24.6 Å². The predicted octanol–water partition coefficient (Wildman–Crippen LogP) is 2.22. The van der Waals surface area contributed by atoms with Crippen LogP contribution in [0.1, 0.15) is 29.8 Å². The molecule has 2 aromatic heterocycles. The number of morpholine rings is 1. The highest BCUT2D eigenvalue weighted by Gasteiger charge is 2.47. The maximum atomic E-state index is 12.9. The van der Waals surface area contributed by atoms with Crippen molar-refractivity contribution >= 4 is 16.9 Å². The van der Waals surface area contributed by atoms with Crippen LogP contribution in [-0.2, 0) is 4.74 Å². The molecule has 1 aliphatic carbocycles. The van der Waals surface area contributed by atoms with Crippen molar-refractivity contribution in [3.63, 3.8) is 0 Å². The Morgan fingerprint density at radius 3 is 3.05 bits per heavy atom. The summed E-state index contributed by atoms with van der Waals surface area (Å²) in [4.78, 5) is 19.1. The van der Waals surface area contributed by atoms with Gasteiger partial charge in [-0.05, 0) is 31.4 Å². The molecule has 3 heterocycles. The van der Waals surface area contributed by atoms with E-state index in [1.54, 1.807) is 18.5 Å². The third kappa shape index (κ3) is 1.59. The summed E-state index contributed by atoms with van der Waals surface area (Å²) in [6.07, 6.45) is 6.45. The standard InChI is InChI=1S/C15H16N2O3/c18-14(13-11-3-8-20-12(11)2-6-16-13)17-7-9-19-10-15(17)4-1-5-15/h2-3,6,8H,1,4-5,7,9-10H2. The third-order valence-electron chi connectivity index (χ3n) is 4.51. The van der Waals surface area contributed by atoms with Gasteiger partial charge >= 0.3 is 0 Å². The molecule has 0 atom stereocenters. The van der Waals surface area contributed by atoms with Gasteiger partial charge in [-0.25, -0.2) is 0 Å². The van der Waals surface area contributed by atoms with Crippen LogP contribution in [-0.4, -0.2) is 41.1 Å². The number of rotatable bonds is 1. The number of aromatic nitrogens is 1. The molecule has 1 saturated heterocycles. The lowest BCUT2D eigenvalue weighted by Crippen LogP contribution is -2.62. The third-order valence-corrected chi connectivity index (χ3v) is 4.51. The van der Waals surface area contributed by atoms with Gasteiger partial charge in [0.15, 0.2) is 0 Å². The molecule has 1 aliphatic heterocycles. The van der Waals surface area contributed by atoms with Crippen LogP contribution in [0, 0.1) is 0 Å². The van der Waals surface area contributed by atoms with Gasteiger partial charge in [0.25, 0.3) is 5.91 Å². The molecule has 2 aliphatic rings. The van der Waals surface area contributed by atoms with Gasteiger partial charge in [-0.2, -0.15) is 0 Å². The summed E-state index contributed by atoms with van der Waals surface area (Å²) in [5.41, 5.74) is 1.10. The number of hydrogen-bond acceptors (Lipinski definition) is 4. The van der Waals surface area contributed by atoms with Crippen molar-refractivity contribution in [2.45, 2.75) is 24.8 Å². The van der Waals surface area contributed by atoms with Crippen molar-refractivity contribution in [3.05, 3.63) is 30.3 Å². The quantitative estimate of drug-likeness (QED) is 0.798. The first-order chi connectivity index (χ1) is 9.80. The van der Waals surface area contributed by atoms with Crippen LogP contribution in [0.25, 0.3) is 11.0 Å². The first-order valence-corrected chi connectivity index (χ1v) is 7.02. The van der Waals surface area contributed by atoms with Crippen LogP contribution in [0.5, 0.6) is 0 Å². The average molecular weight is 272 g/mol. The van der Waals surface area contributed by atoms with Crippen LogP contribution >= 0.6 is 0 Å². The van der Waals surface area contributed by atoms with Crippen molar-refractivity contribution in [2.24, 2.45) is 0 Å². The Morgan fingerprint density at radius 1 is 1.35 bits per heavy atom. The minimum atomic E-state index is -0.0943. The number of pyridine rings is 1. The summed E-state index contributed by atoms with van der Waals surface area (Å²) in [6.45, 7) is 1.91. The second-order valence-electron chi connectivity index (χ2n) is 5.58. The molecule has 2 fully saturated rings. The molecular weight excluding hydrogens is 256 g/mol. The molecule has 0 aromatic carbocycles. The molecule has 1 saturated carbocycles. The fraction of sp³-hybridized carbons (Fsp3) is 0.467. The largest absolute Gasteiger partial charge is 0.464 e. The first-order valence-electron chi connectivity index (χ1n) is 7.02. The Bertz CT molecular complexity index is 660. The maximum Gasteiger partial charge on any atom is 0.273 e. The second kappa shape index (κ2) is 4.31. The van der Waals surface area contributed by atoms with E-state index < -0.39 is 0 Å². The molecule has 5 nitrogen and oxygen atoms in total. The number of nitrogens with zero attached hydrogens (tertiary/aromatic N) is 2. The SMILES string of the molecule is O=C(c1nccc2occc12)N1CCOCC12CCC2. The van der Waals surface area contributed by atoms with Crippen molar-refractivity contribution in [1.82, 2.24) is 9.88 Å². The van der Waals surface area contributed by atoms with E-state index in [1.807, 2.05) is 11.0 Å². The summed E-state index contributed by atoms with van der Waals surface area (Å²) < 4.78 is 10.9. The maximum absolute atomic E-state index is 12.9. The molecular formula is C15H16N2O3. The van der Waals surface area contributed by atoms with Crippen LogP contribution in [0.15, 0.2) is 29.0 Å². The lowest BCUT2D eigenvalue weighted by Gasteiger charge is -2.52. The van der Waals surface area contributed by atoms with Crippen LogP contribution in [0.3, 0.4) is 0 Å². The molecule has 0 bridgehead atoms. The van der Waals surface area contributed by atoms with Crippen molar-refractivity contribution in [1.29, 1.82) is 0 Å². The molecule has 1 amide bonds. The first kappa shape index (κ1) is 11.9. The molecule has 5 heteroatoms. The summed E-state index contributed by atoms with van der Waals surface area (Å²) in [7, 11) is 0. The van der Waals surface area contributed by atoms with Gasteiger partial charge in [0, 0.05) is 12.7 Å². The lowest BCUT2D eigenvalue weighted by molar-refractivity contribution is -0.0878. The molecule has 0 radical (unpaired) electrons. The fourth-order valence-electron chi connectivity index (χ4n) is 3.24. The molecule has 104 valence electrons. The predicted molar refractivity (Wildman–Crippen MR) is 72.4 cm³/mol. The van der Waals surface area contributed by atoms with E-state index in [1.165, 1.54) is 0 Å². The Labute approximate surface area is 116 Å². The topological polar surface area (TPSA) is 55.6 Å². The normalized spacial score (nSPS) is 21.1. The van der Waals surface area contributed by atoms with Gasteiger partial charge in [-0.3, -0.25) is 9.78 Å². The Morgan fingerprint density at radius 2 is 2.25 bits per heavy atom. The lowest BCUT2D eigenvalue weighted by atomic mass is 9.75. The van der Waals surface area contributed by atoms with Crippen molar-refractivity contribution in [2.75, 3.05) is 19.8 Å². The van der Waals surface area contributed by atoms with E-state index in [0.29, 0.717) is 31.0 Å². The van der Waals surface area contributed by atoms with E-state index in [-0.39, 0.29) is 11.4 Å². The van der Waals surface area contributed by atoms with E-state index in [2.05, 4.69) is 4.98 Å². The van der Waals surface area contributed by atoms with E-state index >= 15 is 0 Å². The van der Waals surface area contributed by atoms with Gasteiger partial charge in [0.05, 0.1) is 30.4 Å². The van der Waals surface area contributed by atoms with Gasteiger partial charge in [-0.15, -0.1) is 0 Å². The van der Waals surface area contributed by atoms with E-state index in [4.69, 9.17) is 9.15 Å². The zero-order valence-electron chi connectivity index (χ0n) is 11.2. The monoisotopic (exact) mass is 272 g/mol. The Balaban J connectivity index is 1.74. The van der Waals surface area contributed by atoms with Crippen molar-refractivity contribution < 1.29 is 13.9 Å². The highest BCUT2D eigenvalue weighted by molar-refractivity contribution is 6.04. The molecule has 0 N–H and O–H groups in total. The zero-order chi connectivity index (χ0) is 13.6. The fourth-order valence-corrected chi connectivity index (χ4v) is 3.24. The number of furan rings is 1. The Kier molecular flexibility index (Phi) is 2.57. The Hall–Kier alpha value is -1.88. The van der Waals surface area contributed by atoms with E-state index in [9.17, 15) is 4.79 Å². The number of carbonyl (C=O) groups excluding carboxylic acids is 1. The van der Waals surface area contributed by atoms with Gasteiger partial charge in [0.1, 0.15) is 11.3 Å². The van der Waals surface area contributed by atoms with Crippen LogP contribution < -0.4 is 0 Å². The summed E-state index contributed by atoms with van der Waals surface area (Å²) in [5.74, 6) is 0.000000000000000666. The number of hydrogen-bond donors (Lipinski definition) is 0. The number of ether oxygens (including phenoxy) is 1. The van der Waals surface area contributed by atoms with Crippen molar-refractivity contribution in [3.8, 4) is 0 Å². The van der Waals surface area contributed by atoms with Gasteiger partial charge < -0.3 is 14.1 Å². The van der Waals surface area contributed by atoms with Gasteiger partial charge in [0.2, 0.25) is 0 Å². The average Bonchev–Trinajstić information content (AvgIpc) is 2.93. The zero-order valence-corrected chi connectivity index (χ0v) is 11.2. The minimum absolute atomic E-state index is 0.000000000000000666. The molecule has 0 unspecified atom stereocenters. The molecule has 1 spiro atoms. The summed E-state index contributed by atoms with van der Waals surface area (Å²) in [5, 5.41) is 0.790. The number of amides is 1. The molecule has 20 heavy (non-hydrogen) atoms. The highest BCUT2D eigenvalue weighted by atomic mass is 16.5. The molecule has 4 rings (SSSR count). The minimum Gasteiger partial charge on any atom is -0.464 e.